The van der Waals surface area contributed by atoms with E-state index in [1.54, 1.807) is 0 Å². The molecule has 1 aromatic carbocycles. The van der Waals surface area contributed by atoms with E-state index in [1.807, 2.05) is 37.3 Å². The zero-order valence-electron chi connectivity index (χ0n) is 12.7. The molecule has 0 bridgehead atoms. The van der Waals surface area contributed by atoms with Crippen molar-refractivity contribution in [3.05, 3.63) is 57.7 Å². The SMILES string of the molecule is Cc1nc(OCc2cccc(Br)c2)ccc1CNC(C)C. The monoisotopic (exact) mass is 348 g/mol. The number of rotatable bonds is 6. The summed E-state index contributed by atoms with van der Waals surface area (Å²) in [6.45, 7) is 7.65. The molecule has 112 valence electrons. The van der Waals surface area contributed by atoms with Gasteiger partial charge in [-0.15, -0.1) is 0 Å². The summed E-state index contributed by atoms with van der Waals surface area (Å²) < 4.78 is 6.81. The van der Waals surface area contributed by atoms with Crippen LogP contribution in [0.3, 0.4) is 0 Å². The highest BCUT2D eigenvalue weighted by molar-refractivity contribution is 9.10. The first-order chi connectivity index (χ1) is 10.0. The van der Waals surface area contributed by atoms with Gasteiger partial charge in [-0.05, 0) is 30.2 Å². The lowest BCUT2D eigenvalue weighted by Crippen LogP contribution is -2.22. The highest BCUT2D eigenvalue weighted by Crippen LogP contribution is 2.16. The van der Waals surface area contributed by atoms with E-state index in [4.69, 9.17) is 4.74 Å². The Hall–Kier alpha value is -1.39. The van der Waals surface area contributed by atoms with Gasteiger partial charge in [-0.25, -0.2) is 4.98 Å². The molecule has 0 fully saturated rings. The number of aryl methyl sites for hydroxylation is 1. The van der Waals surface area contributed by atoms with Crippen LogP contribution in [0.2, 0.25) is 0 Å². The lowest BCUT2D eigenvalue weighted by Gasteiger charge is -2.12. The molecule has 4 heteroatoms. The number of halogens is 1. The Morgan fingerprint density at radius 2 is 2.05 bits per heavy atom. The van der Waals surface area contributed by atoms with E-state index in [1.165, 1.54) is 5.56 Å². The van der Waals surface area contributed by atoms with Gasteiger partial charge < -0.3 is 10.1 Å². The molecule has 0 amide bonds. The predicted molar refractivity (Wildman–Crippen MR) is 89.4 cm³/mol. The van der Waals surface area contributed by atoms with Gasteiger partial charge in [-0.3, -0.25) is 0 Å². The Morgan fingerprint density at radius 3 is 2.71 bits per heavy atom. The van der Waals surface area contributed by atoms with Crippen molar-refractivity contribution in [2.24, 2.45) is 0 Å². The number of nitrogens with zero attached hydrogens (tertiary/aromatic N) is 1. The zero-order chi connectivity index (χ0) is 15.2. The van der Waals surface area contributed by atoms with E-state index < -0.39 is 0 Å². The van der Waals surface area contributed by atoms with Crippen LogP contribution >= 0.6 is 15.9 Å². The van der Waals surface area contributed by atoms with Crippen molar-refractivity contribution in [1.29, 1.82) is 0 Å². The average molecular weight is 349 g/mol. The van der Waals surface area contributed by atoms with Gasteiger partial charge in [-0.1, -0.05) is 48.0 Å². The maximum atomic E-state index is 5.76. The van der Waals surface area contributed by atoms with E-state index in [0.29, 0.717) is 18.5 Å². The number of benzene rings is 1. The van der Waals surface area contributed by atoms with Gasteiger partial charge in [0.15, 0.2) is 0 Å². The van der Waals surface area contributed by atoms with Crippen LogP contribution in [0.1, 0.15) is 30.7 Å². The van der Waals surface area contributed by atoms with Crippen LogP contribution in [0.15, 0.2) is 40.9 Å². The third-order valence-electron chi connectivity index (χ3n) is 3.15. The molecule has 21 heavy (non-hydrogen) atoms. The van der Waals surface area contributed by atoms with Crippen LogP contribution in [-0.4, -0.2) is 11.0 Å². The Labute approximate surface area is 134 Å². The molecule has 0 saturated heterocycles. The van der Waals surface area contributed by atoms with Crippen molar-refractivity contribution in [1.82, 2.24) is 10.3 Å². The summed E-state index contributed by atoms with van der Waals surface area (Å²) in [7, 11) is 0. The maximum Gasteiger partial charge on any atom is 0.213 e. The van der Waals surface area contributed by atoms with E-state index in [0.717, 1.165) is 22.3 Å². The quantitative estimate of drug-likeness (QED) is 0.848. The minimum absolute atomic E-state index is 0.469. The fourth-order valence-corrected chi connectivity index (χ4v) is 2.38. The first-order valence-corrected chi connectivity index (χ1v) is 7.91. The molecule has 0 spiro atoms. The van der Waals surface area contributed by atoms with E-state index in [-0.39, 0.29) is 0 Å². The summed E-state index contributed by atoms with van der Waals surface area (Å²) in [5.41, 5.74) is 3.34. The lowest BCUT2D eigenvalue weighted by atomic mass is 10.2. The smallest absolute Gasteiger partial charge is 0.213 e. The minimum Gasteiger partial charge on any atom is -0.473 e. The minimum atomic E-state index is 0.469. The van der Waals surface area contributed by atoms with Gasteiger partial charge in [-0.2, -0.15) is 0 Å². The van der Waals surface area contributed by atoms with Crippen molar-refractivity contribution in [2.45, 2.75) is 40.0 Å². The fourth-order valence-electron chi connectivity index (χ4n) is 1.93. The topological polar surface area (TPSA) is 34.1 Å². The molecule has 2 aromatic rings. The van der Waals surface area contributed by atoms with Gasteiger partial charge in [0.25, 0.3) is 0 Å². The predicted octanol–water partition coefficient (Wildman–Crippen LogP) is 4.23. The third-order valence-corrected chi connectivity index (χ3v) is 3.64. The molecule has 1 aromatic heterocycles. The summed E-state index contributed by atoms with van der Waals surface area (Å²) >= 11 is 3.46. The molecule has 1 N–H and O–H groups in total. The van der Waals surface area contributed by atoms with Crippen molar-refractivity contribution >= 4 is 15.9 Å². The van der Waals surface area contributed by atoms with Crippen LogP contribution in [0, 0.1) is 6.92 Å². The van der Waals surface area contributed by atoms with Crippen LogP contribution in [-0.2, 0) is 13.2 Å². The number of ether oxygens (including phenoxy) is 1. The lowest BCUT2D eigenvalue weighted by molar-refractivity contribution is 0.293. The Balaban J connectivity index is 1.97. The van der Waals surface area contributed by atoms with Gasteiger partial charge >= 0.3 is 0 Å². The third kappa shape index (κ3) is 5.14. The van der Waals surface area contributed by atoms with Crippen molar-refractivity contribution < 1.29 is 4.74 Å². The summed E-state index contributed by atoms with van der Waals surface area (Å²) in [5.74, 6) is 0.667. The zero-order valence-corrected chi connectivity index (χ0v) is 14.3. The molecule has 0 unspecified atom stereocenters. The van der Waals surface area contributed by atoms with Crippen molar-refractivity contribution in [2.75, 3.05) is 0 Å². The van der Waals surface area contributed by atoms with Gasteiger partial charge in [0.1, 0.15) is 6.61 Å². The number of hydrogen-bond acceptors (Lipinski definition) is 3. The second-order valence-corrected chi connectivity index (χ2v) is 6.26. The molecule has 0 aliphatic rings. The van der Waals surface area contributed by atoms with E-state index in [2.05, 4.69) is 46.1 Å². The molecule has 0 aliphatic heterocycles. The number of hydrogen-bond donors (Lipinski definition) is 1. The highest BCUT2D eigenvalue weighted by Gasteiger charge is 2.04. The second-order valence-electron chi connectivity index (χ2n) is 5.35. The molecule has 0 aliphatic carbocycles. The molecular formula is C17H21BrN2O. The largest absolute Gasteiger partial charge is 0.473 e. The van der Waals surface area contributed by atoms with Crippen molar-refractivity contribution in [3.8, 4) is 5.88 Å². The van der Waals surface area contributed by atoms with E-state index >= 15 is 0 Å². The number of aromatic nitrogens is 1. The van der Waals surface area contributed by atoms with Crippen molar-refractivity contribution in [3.63, 3.8) is 0 Å². The number of pyridine rings is 1. The highest BCUT2D eigenvalue weighted by atomic mass is 79.9. The first-order valence-electron chi connectivity index (χ1n) is 7.12. The summed E-state index contributed by atoms with van der Waals surface area (Å²) in [6, 6.07) is 12.6. The van der Waals surface area contributed by atoms with Gasteiger partial charge in [0.2, 0.25) is 5.88 Å². The number of nitrogens with one attached hydrogen (secondary N) is 1. The Kier molecular flexibility index (Phi) is 5.76. The van der Waals surface area contributed by atoms with Crippen LogP contribution in [0.4, 0.5) is 0 Å². The normalized spacial score (nSPS) is 10.9. The summed E-state index contributed by atoms with van der Waals surface area (Å²) in [6.07, 6.45) is 0. The van der Waals surface area contributed by atoms with Crippen LogP contribution in [0.25, 0.3) is 0 Å². The Bertz CT molecular complexity index is 599. The molecule has 3 nitrogen and oxygen atoms in total. The van der Waals surface area contributed by atoms with E-state index in [9.17, 15) is 0 Å². The molecule has 0 saturated carbocycles. The fraction of sp³-hybridized carbons (Fsp3) is 0.353. The molecule has 0 radical (unpaired) electrons. The standard InChI is InChI=1S/C17H21BrN2O/c1-12(2)19-10-15-7-8-17(20-13(15)3)21-11-14-5-4-6-16(18)9-14/h4-9,12,19H,10-11H2,1-3H3. The van der Waals surface area contributed by atoms with Gasteiger partial charge in [0.05, 0.1) is 0 Å². The maximum absolute atomic E-state index is 5.76. The average Bonchev–Trinajstić information content (AvgIpc) is 2.44. The Morgan fingerprint density at radius 1 is 1.24 bits per heavy atom. The van der Waals surface area contributed by atoms with Crippen LogP contribution in [0.5, 0.6) is 5.88 Å². The molecule has 2 rings (SSSR count). The second kappa shape index (κ2) is 7.57. The van der Waals surface area contributed by atoms with Crippen LogP contribution < -0.4 is 10.1 Å². The molecular weight excluding hydrogens is 328 g/mol. The summed E-state index contributed by atoms with van der Waals surface area (Å²) in [5, 5.41) is 3.40. The van der Waals surface area contributed by atoms with Gasteiger partial charge in [0, 0.05) is 28.8 Å². The molecule has 0 atom stereocenters. The molecule has 1 heterocycles. The first kappa shape index (κ1) is 16.0. The summed E-state index contributed by atoms with van der Waals surface area (Å²) in [4.78, 5) is 4.51.